The summed E-state index contributed by atoms with van der Waals surface area (Å²) in [5.74, 6) is 0. The third-order valence-corrected chi connectivity index (χ3v) is 4.32. The Hall–Kier alpha value is -1.70. The quantitative estimate of drug-likeness (QED) is 0.670. The molecule has 0 radical (unpaired) electrons. The van der Waals surface area contributed by atoms with Crippen molar-refractivity contribution in [2.75, 3.05) is 5.43 Å². The number of hydrazone groups is 1. The van der Waals surface area contributed by atoms with E-state index in [1.165, 1.54) is 12.1 Å². The Balaban J connectivity index is 2.11. The number of nitrogens with zero attached hydrogens (tertiary/aromatic N) is 1. The SMILES string of the molecule is C/C(=N\Nc1ccc(S(N)(=O)=O)cc1)c1cccs1. The van der Waals surface area contributed by atoms with Crippen molar-refractivity contribution in [3.8, 4) is 0 Å². The number of hydrogen-bond donors (Lipinski definition) is 2. The number of nitrogens with two attached hydrogens (primary N) is 1. The summed E-state index contributed by atoms with van der Waals surface area (Å²) in [6.45, 7) is 1.90. The van der Waals surface area contributed by atoms with Crippen LogP contribution in [0.15, 0.2) is 51.8 Å². The summed E-state index contributed by atoms with van der Waals surface area (Å²) in [6, 6.07) is 10.0. The molecule has 3 N–H and O–H groups in total. The predicted molar refractivity (Wildman–Crippen MR) is 78.0 cm³/mol. The smallest absolute Gasteiger partial charge is 0.238 e. The lowest BCUT2D eigenvalue weighted by Crippen LogP contribution is -2.11. The molecule has 0 aliphatic carbocycles. The molecular weight excluding hydrogens is 282 g/mol. The summed E-state index contributed by atoms with van der Waals surface area (Å²) < 4.78 is 22.2. The van der Waals surface area contributed by atoms with Crippen LogP contribution in [0.2, 0.25) is 0 Å². The zero-order valence-electron chi connectivity index (χ0n) is 10.2. The zero-order valence-corrected chi connectivity index (χ0v) is 11.8. The lowest BCUT2D eigenvalue weighted by atomic mass is 10.3. The topological polar surface area (TPSA) is 84.5 Å². The lowest BCUT2D eigenvalue weighted by molar-refractivity contribution is 0.598. The van der Waals surface area contributed by atoms with Gasteiger partial charge in [0.05, 0.1) is 16.3 Å². The van der Waals surface area contributed by atoms with E-state index in [-0.39, 0.29) is 4.90 Å². The van der Waals surface area contributed by atoms with Crippen LogP contribution in [0, 0.1) is 0 Å². The second-order valence-electron chi connectivity index (χ2n) is 3.86. The number of benzene rings is 1. The Kier molecular flexibility index (Phi) is 3.98. The molecule has 2 rings (SSSR count). The molecule has 0 aliphatic rings. The van der Waals surface area contributed by atoms with E-state index in [9.17, 15) is 8.42 Å². The van der Waals surface area contributed by atoms with E-state index in [4.69, 9.17) is 5.14 Å². The van der Waals surface area contributed by atoms with Gasteiger partial charge in [-0.3, -0.25) is 5.43 Å². The molecule has 0 spiro atoms. The summed E-state index contributed by atoms with van der Waals surface area (Å²) in [7, 11) is -3.65. The molecule has 2 aromatic rings. The van der Waals surface area contributed by atoms with Gasteiger partial charge in [0.1, 0.15) is 0 Å². The van der Waals surface area contributed by atoms with E-state index in [1.54, 1.807) is 23.5 Å². The van der Waals surface area contributed by atoms with E-state index in [0.717, 1.165) is 10.6 Å². The third-order valence-electron chi connectivity index (χ3n) is 2.41. The minimum Gasteiger partial charge on any atom is -0.278 e. The number of anilines is 1. The minimum atomic E-state index is -3.65. The summed E-state index contributed by atoms with van der Waals surface area (Å²) in [4.78, 5) is 1.16. The number of hydrogen-bond acceptors (Lipinski definition) is 5. The highest BCUT2D eigenvalue weighted by molar-refractivity contribution is 7.89. The molecule has 0 atom stereocenters. The zero-order chi connectivity index (χ0) is 13.9. The van der Waals surface area contributed by atoms with Gasteiger partial charge in [-0.05, 0) is 42.6 Å². The normalized spacial score (nSPS) is 12.4. The van der Waals surface area contributed by atoms with Gasteiger partial charge >= 0.3 is 0 Å². The molecule has 7 heteroatoms. The lowest BCUT2D eigenvalue weighted by Gasteiger charge is -2.03. The molecular formula is C12H13N3O2S2. The highest BCUT2D eigenvalue weighted by atomic mass is 32.2. The average molecular weight is 295 g/mol. The molecule has 0 unspecified atom stereocenters. The fourth-order valence-electron chi connectivity index (χ4n) is 1.41. The van der Waals surface area contributed by atoms with Crippen LogP contribution < -0.4 is 10.6 Å². The van der Waals surface area contributed by atoms with Crippen molar-refractivity contribution in [2.45, 2.75) is 11.8 Å². The van der Waals surface area contributed by atoms with Crippen molar-refractivity contribution in [3.05, 3.63) is 46.7 Å². The Morgan fingerprint density at radius 1 is 1.26 bits per heavy atom. The van der Waals surface area contributed by atoms with Gasteiger partial charge in [0.25, 0.3) is 0 Å². The van der Waals surface area contributed by atoms with Gasteiger partial charge < -0.3 is 0 Å². The van der Waals surface area contributed by atoms with E-state index < -0.39 is 10.0 Å². The summed E-state index contributed by atoms with van der Waals surface area (Å²) in [5, 5.41) is 11.2. The second-order valence-corrected chi connectivity index (χ2v) is 6.36. The van der Waals surface area contributed by atoms with E-state index in [2.05, 4.69) is 10.5 Å². The maximum absolute atomic E-state index is 11.1. The number of primary sulfonamides is 1. The van der Waals surface area contributed by atoms with Gasteiger partial charge in [-0.2, -0.15) is 5.10 Å². The van der Waals surface area contributed by atoms with Gasteiger partial charge in [0.15, 0.2) is 0 Å². The van der Waals surface area contributed by atoms with E-state index in [1.807, 2.05) is 24.4 Å². The Morgan fingerprint density at radius 2 is 1.95 bits per heavy atom. The van der Waals surface area contributed by atoms with Gasteiger partial charge in [-0.25, -0.2) is 13.6 Å². The molecule has 100 valence electrons. The molecule has 1 aromatic carbocycles. The molecule has 19 heavy (non-hydrogen) atoms. The highest BCUT2D eigenvalue weighted by Gasteiger charge is 2.06. The van der Waals surface area contributed by atoms with Crippen LogP contribution in [0.1, 0.15) is 11.8 Å². The highest BCUT2D eigenvalue weighted by Crippen LogP contribution is 2.14. The number of nitrogens with one attached hydrogen (secondary N) is 1. The van der Waals surface area contributed by atoms with Crippen LogP contribution in [0.5, 0.6) is 0 Å². The van der Waals surface area contributed by atoms with Crippen LogP contribution >= 0.6 is 11.3 Å². The molecule has 0 amide bonds. The molecule has 1 heterocycles. The molecule has 1 aromatic heterocycles. The first-order valence-corrected chi connectivity index (χ1v) is 7.86. The maximum Gasteiger partial charge on any atom is 0.238 e. The summed E-state index contributed by atoms with van der Waals surface area (Å²) in [5.41, 5.74) is 4.43. The van der Waals surface area contributed by atoms with Crippen LogP contribution in [0.4, 0.5) is 5.69 Å². The third kappa shape index (κ3) is 3.63. The standard InChI is InChI=1S/C12H13N3O2S2/c1-9(12-3-2-8-18-12)14-15-10-4-6-11(7-5-10)19(13,16)17/h2-8,15H,1H3,(H2,13,16,17)/b14-9+. The molecule has 0 aliphatic heterocycles. The number of thiophene rings is 1. The predicted octanol–water partition coefficient (Wildman–Crippen LogP) is 2.23. The fraction of sp³-hybridized carbons (Fsp3) is 0.0833. The van der Waals surface area contributed by atoms with Crippen LogP contribution in [0.3, 0.4) is 0 Å². The van der Waals surface area contributed by atoms with E-state index in [0.29, 0.717) is 5.69 Å². The molecule has 0 fully saturated rings. The average Bonchev–Trinajstić information content (AvgIpc) is 2.89. The van der Waals surface area contributed by atoms with Crippen molar-refractivity contribution in [2.24, 2.45) is 10.2 Å². The maximum atomic E-state index is 11.1. The number of sulfonamides is 1. The van der Waals surface area contributed by atoms with Crippen LogP contribution in [-0.2, 0) is 10.0 Å². The summed E-state index contributed by atoms with van der Waals surface area (Å²) >= 11 is 1.61. The van der Waals surface area contributed by atoms with Gasteiger partial charge in [-0.15, -0.1) is 11.3 Å². The minimum absolute atomic E-state index is 0.0806. The Labute approximate surface area is 115 Å². The Morgan fingerprint density at radius 3 is 2.47 bits per heavy atom. The van der Waals surface area contributed by atoms with Crippen molar-refractivity contribution < 1.29 is 8.42 Å². The molecule has 0 saturated heterocycles. The van der Waals surface area contributed by atoms with Crippen LogP contribution in [0.25, 0.3) is 0 Å². The number of rotatable bonds is 4. The van der Waals surface area contributed by atoms with Crippen molar-refractivity contribution >= 4 is 32.8 Å². The first-order valence-electron chi connectivity index (χ1n) is 5.44. The van der Waals surface area contributed by atoms with Crippen molar-refractivity contribution in [3.63, 3.8) is 0 Å². The first-order chi connectivity index (χ1) is 8.97. The largest absolute Gasteiger partial charge is 0.278 e. The van der Waals surface area contributed by atoms with Crippen LogP contribution in [-0.4, -0.2) is 14.1 Å². The fourth-order valence-corrected chi connectivity index (χ4v) is 2.60. The van der Waals surface area contributed by atoms with Crippen molar-refractivity contribution in [1.82, 2.24) is 0 Å². The van der Waals surface area contributed by atoms with Gasteiger partial charge in [-0.1, -0.05) is 6.07 Å². The Bertz CT molecular complexity index is 674. The summed E-state index contributed by atoms with van der Waals surface area (Å²) in [6.07, 6.45) is 0. The molecule has 0 saturated carbocycles. The molecule has 5 nitrogen and oxygen atoms in total. The second kappa shape index (κ2) is 5.52. The first kappa shape index (κ1) is 13.7. The monoisotopic (exact) mass is 295 g/mol. The van der Waals surface area contributed by atoms with Crippen molar-refractivity contribution in [1.29, 1.82) is 0 Å². The van der Waals surface area contributed by atoms with Gasteiger partial charge in [0, 0.05) is 4.88 Å². The molecule has 0 bridgehead atoms. The van der Waals surface area contributed by atoms with E-state index >= 15 is 0 Å². The van der Waals surface area contributed by atoms with Gasteiger partial charge in [0.2, 0.25) is 10.0 Å².